The first-order valence-electron chi connectivity index (χ1n) is 9.63. The molecule has 0 spiro atoms. The van der Waals surface area contributed by atoms with E-state index in [1.165, 1.54) is 0 Å². The van der Waals surface area contributed by atoms with E-state index < -0.39 is 0 Å². The molecule has 1 saturated heterocycles. The lowest BCUT2D eigenvalue weighted by atomic mass is 10.1. The summed E-state index contributed by atoms with van der Waals surface area (Å²) in [5.41, 5.74) is 2.41. The van der Waals surface area contributed by atoms with Crippen molar-refractivity contribution in [3.63, 3.8) is 0 Å². The summed E-state index contributed by atoms with van der Waals surface area (Å²) in [5, 5.41) is 5.64. The number of carbonyl (C=O) groups excluding carboxylic acids is 3. The lowest BCUT2D eigenvalue weighted by Gasteiger charge is -2.15. The minimum absolute atomic E-state index is 0.180. The Balaban J connectivity index is 1.66. The molecular weight excluding hydrogens is 354 g/mol. The second-order valence-corrected chi connectivity index (χ2v) is 6.87. The average Bonchev–Trinajstić information content (AvgIpc) is 3.11. The first-order valence-corrected chi connectivity index (χ1v) is 9.63. The molecule has 0 atom stereocenters. The van der Waals surface area contributed by atoms with Crippen LogP contribution >= 0.6 is 0 Å². The van der Waals surface area contributed by atoms with Gasteiger partial charge in [0.05, 0.1) is 11.3 Å². The second kappa shape index (κ2) is 9.17. The minimum Gasteiger partial charge on any atom is -0.352 e. The van der Waals surface area contributed by atoms with Crippen LogP contribution in [0.15, 0.2) is 48.5 Å². The van der Waals surface area contributed by atoms with Gasteiger partial charge in [-0.25, -0.2) is 0 Å². The average molecular weight is 379 g/mol. The highest BCUT2D eigenvalue weighted by atomic mass is 16.2. The largest absolute Gasteiger partial charge is 0.352 e. The van der Waals surface area contributed by atoms with Gasteiger partial charge >= 0.3 is 0 Å². The molecule has 2 N–H and O–H groups in total. The third-order valence-corrected chi connectivity index (χ3v) is 4.72. The van der Waals surface area contributed by atoms with E-state index in [2.05, 4.69) is 10.6 Å². The molecule has 146 valence electrons. The summed E-state index contributed by atoms with van der Waals surface area (Å²) >= 11 is 0. The summed E-state index contributed by atoms with van der Waals surface area (Å²) in [7, 11) is 0. The Morgan fingerprint density at radius 1 is 1.04 bits per heavy atom. The maximum atomic E-state index is 12.6. The lowest BCUT2D eigenvalue weighted by molar-refractivity contribution is -0.128. The van der Waals surface area contributed by atoms with Crippen LogP contribution in [-0.4, -0.2) is 35.7 Å². The molecule has 0 aromatic heterocycles. The van der Waals surface area contributed by atoms with Gasteiger partial charge in [-0.1, -0.05) is 31.2 Å². The SMILES string of the molecule is CCCNC(=O)c1ccccc1NC(=O)c1ccc(CN2CCCC2=O)cc1. The third-order valence-electron chi connectivity index (χ3n) is 4.72. The molecule has 28 heavy (non-hydrogen) atoms. The molecule has 3 rings (SSSR count). The van der Waals surface area contributed by atoms with Crippen LogP contribution in [0, 0.1) is 0 Å². The van der Waals surface area contributed by atoms with Crippen molar-refractivity contribution < 1.29 is 14.4 Å². The van der Waals surface area contributed by atoms with Crippen LogP contribution < -0.4 is 10.6 Å². The molecule has 2 aromatic carbocycles. The number of hydrogen-bond acceptors (Lipinski definition) is 3. The summed E-state index contributed by atoms with van der Waals surface area (Å²) in [6.07, 6.45) is 2.37. The number of likely N-dealkylation sites (tertiary alicyclic amines) is 1. The van der Waals surface area contributed by atoms with Crippen LogP contribution in [0.25, 0.3) is 0 Å². The number of carbonyl (C=O) groups is 3. The van der Waals surface area contributed by atoms with Crippen molar-refractivity contribution in [3.05, 3.63) is 65.2 Å². The smallest absolute Gasteiger partial charge is 0.255 e. The van der Waals surface area contributed by atoms with Crippen LogP contribution in [0.3, 0.4) is 0 Å². The molecule has 1 aliphatic heterocycles. The predicted molar refractivity (Wildman–Crippen MR) is 108 cm³/mol. The first kappa shape index (κ1) is 19.6. The highest BCUT2D eigenvalue weighted by molar-refractivity contribution is 6.09. The molecule has 0 unspecified atom stereocenters. The second-order valence-electron chi connectivity index (χ2n) is 6.87. The zero-order valence-electron chi connectivity index (χ0n) is 16.0. The topological polar surface area (TPSA) is 78.5 Å². The maximum Gasteiger partial charge on any atom is 0.255 e. The molecule has 6 nitrogen and oxygen atoms in total. The van der Waals surface area contributed by atoms with Gasteiger partial charge in [-0.05, 0) is 42.7 Å². The number of hydrogen-bond donors (Lipinski definition) is 2. The van der Waals surface area contributed by atoms with Crippen LogP contribution in [0.2, 0.25) is 0 Å². The van der Waals surface area contributed by atoms with Crippen molar-refractivity contribution in [1.29, 1.82) is 0 Å². The number of benzene rings is 2. The van der Waals surface area contributed by atoms with E-state index in [0.29, 0.717) is 36.3 Å². The Morgan fingerprint density at radius 2 is 1.79 bits per heavy atom. The predicted octanol–water partition coefficient (Wildman–Crippen LogP) is 3.20. The Bertz CT molecular complexity index is 862. The van der Waals surface area contributed by atoms with Gasteiger partial charge in [-0.3, -0.25) is 14.4 Å². The van der Waals surface area contributed by atoms with E-state index in [1.807, 2.05) is 24.0 Å². The molecule has 0 bridgehead atoms. The van der Waals surface area contributed by atoms with Crippen LogP contribution in [0.4, 0.5) is 5.69 Å². The number of amides is 3. The first-order chi connectivity index (χ1) is 13.6. The van der Waals surface area contributed by atoms with Crippen molar-refractivity contribution in [2.45, 2.75) is 32.7 Å². The van der Waals surface area contributed by atoms with Gasteiger partial charge in [0.2, 0.25) is 5.91 Å². The summed E-state index contributed by atoms with van der Waals surface area (Å²) < 4.78 is 0. The molecule has 1 aliphatic rings. The Morgan fingerprint density at radius 3 is 2.46 bits per heavy atom. The third kappa shape index (κ3) is 4.76. The van der Waals surface area contributed by atoms with Crippen LogP contribution in [0.5, 0.6) is 0 Å². The van der Waals surface area contributed by atoms with E-state index in [1.54, 1.807) is 36.4 Å². The fourth-order valence-corrected chi connectivity index (χ4v) is 3.17. The molecule has 0 saturated carbocycles. The standard InChI is InChI=1S/C22H25N3O3/c1-2-13-23-22(28)18-6-3-4-7-19(18)24-21(27)17-11-9-16(10-12-17)15-25-14-5-8-20(25)26/h3-4,6-7,9-12H,2,5,8,13-15H2,1H3,(H,23,28)(H,24,27). The van der Waals surface area contributed by atoms with E-state index >= 15 is 0 Å². The van der Waals surface area contributed by atoms with Gasteiger partial charge in [-0.15, -0.1) is 0 Å². The normalized spacial score (nSPS) is 13.5. The van der Waals surface area contributed by atoms with Crippen LogP contribution in [0.1, 0.15) is 52.5 Å². The van der Waals surface area contributed by atoms with Gasteiger partial charge in [0.1, 0.15) is 0 Å². The highest BCUT2D eigenvalue weighted by Gasteiger charge is 2.20. The van der Waals surface area contributed by atoms with Crippen molar-refractivity contribution in [1.82, 2.24) is 10.2 Å². The fraction of sp³-hybridized carbons (Fsp3) is 0.318. The zero-order valence-corrected chi connectivity index (χ0v) is 16.0. The van der Waals surface area contributed by atoms with E-state index in [0.717, 1.165) is 24.9 Å². The molecule has 2 aromatic rings. The number of nitrogens with zero attached hydrogens (tertiary/aromatic N) is 1. The fourth-order valence-electron chi connectivity index (χ4n) is 3.17. The highest BCUT2D eigenvalue weighted by Crippen LogP contribution is 2.18. The van der Waals surface area contributed by atoms with Gasteiger partial charge in [0.15, 0.2) is 0 Å². The number of para-hydroxylation sites is 1. The molecule has 1 fully saturated rings. The van der Waals surface area contributed by atoms with Crippen molar-refractivity contribution in [2.24, 2.45) is 0 Å². The molecule has 6 heteroatoms. The quantitative estimate of drug-likeness (QED) is 0.775. The van der Waals surface area contributed by atoms with Crippen molar-refractivity contribution in [2.75, 3.05) is 18.4 Å². The van der Waals surface area contributed by atoms with Gasteiger partial charge < -0.3 is 15.5 Å². The lowest BCUT2D eigenvalue weighted by Crippen LogP contribution is -2.25. The molecular formula is C22H25N3O3. The van der Waals surface area contributed by atoms with Crippen molar-refractivity contribution in [3.8, 4) is 0 Å². The van der Waals surface area contributed by atoms with Gasteiger partial charge in [-0.2, -0.15) is 0 Å². The summed E-state index contributed by atoms with van der Waals surface area (Å²) in [4.78, 5) is 38.5. The molecule has 1 heterocycles. The monoisotopic (exact) mass is 379 g/mol. The minimum atomic E-state index is -0.278. The Kier molecular flexibility index (Phi) is 6.42. The molecule has 0 radical (unpaired) electrons. The molecule has 0 aliphatic carbocycles. The summed E-state index contributed by atoms with van der Waals surface area (Å²) in [6, 6.07) is 14.2. The summed E-state index contributed by atoms with van der Waals surface area (Å²) in [5.74, 6) is -0.303. The summed E-state index contributed by atoms with van der Waals surface area (Å²) in [6.45, 7) is 3.93. The Labute approximate surface area is 164 Å². The van der Waals surface area contributed by atoms with Gasteiger partial charge in [0, 0.05) is 31.6 Å². The maximum absolute atomic E-state index is 12.6. The molecule has 3 amide bonds. The number of nitrogens with one attached hydrogen (secondary N) is 2. The zero-order chi connectivity index (χ0) is 19.9. The van der Waals surface area contributed by atoms with Gasteiger partial charge in [0.25, 0.3) is 11.8 Å². The number of anilines is 1. The van der Waals surface area contributed by atoms with Crippen molar-refractivity contribution >= 4 is 23.4 Å². The Hall–Kier alpha value is -3.15. The van der Waals surface area contributed by atoms with Crippen LogP contribution in [-0.2, 0) is 11.3 Å². The van der Waals surface area contributed by atoms with E-state index in [9.17, 15) is 14.4 Å². The van der Waals surface area contributed by atoms with E-state index in [4.69, 9.17) is 0 Å². The number of rotatable bonds is 7. The van der Waals surface area contributed by atoms with E-state index in [-0.39, 0.29) is 17.7 Å².